The molecule has 2 N–H and O–H groups in total. The highest BCUT2D eigenvalue weighted by Crippen LogP contribution is 2.19. The molecule has 0 radical (unpaired) electrons. The Kier molecular flexibility index (Phi) is 7.32. The summed E-state index contributed by atoms with van der Waals surface area (Å²) in [5, 5.41) is 5.59. The van der Waals surface area contributed by atoms with Crippen LogP contribution in [0.5, 0.6) is 5.75 Å². The molecule has 2 rings (SSSR count). The number of anilines is 1. The molecule has 0 bridgehead atoms. The lowest BCUT2D eigenvalue weighted by Gasteiger charge is -2.22. The number of hydrogen-bond donors (Lipinski definition) is 2. The van der Waals surface area contributed by atoms with Gasteiger partial charge in [0.15, 0.2) is 5.78 Å². The van der Waals surface area contributed by atoms with Crippen molar-refractivity contribution >= 4 is 23.3 Å². The number of rotatable bonds is 8. The molecule has 0 aliphatic carbocycles. The summed E-state index contributed by atoms with van der Waals surface area (Å²) in [5.74, 6) is -0.388. The molecule has 6 heteroatoms. The SMILES string of the molecule is CCOc1ccccc1C(=O)NC(C(=O)Nc1ccc(C(C)=O)cc1)C(C)C. The van der Waals surface area contributed by atoms with Gasteiger partial charge in [0.25, 0.3) is 5.91 Å². The van der Waals surface area contributed by atoms with Gasteiger partial charge in [-0.2, -0.15) is 0 Å². The average molecular weight is 382 g/mol. The number of ketones is 1. The fraction of sp³-hybridized carbons (Fsp3) is 0.318. The maximum absolute atomic E-state index is 12.7. The first-order chi connectivity index (χ1) is 13.3. The number of Topliss-reactive ketones (excluding diaryl/α,β-unsaturated/α-hetero) is 1. The molecule has 0 spiro atoms. The maximum Gasteiger partial charge on any atom is 0.255 e. The maximum atomic E-state index is 12.7. The molecule has 28 heavy (non-hydrogen) atoms. The lowest BCUT2D eigenvalue weighted by atomic mass is 10.0. The van der Waals surface area contributed by atoms with Crippen LogP contribution in [0, 0.1) is 5.92 Å². The molecular formula is C22H26N2O4. The van der Waals surface area contributed by atoms with E-state index in [4.69, 9.17) is 4.74 Å². The Morgan fingerprint density at radius 1 is 1.00 bits per heavy atom. The van der Waals surface area contributed by atoms with Crippen LogP contribution >= 0.6 is 0 Å². The third-order valence-corrected chi connectivity index (χ3v) is 4.23. The molecule has 148 valence electrons. The van der Waals surface area contributed by atoms with Crippen LogP contribution in [0.3, 0.4) is 0 Å². The minimum absolute atomic E-state index is 0.0434. The number of carbonyl (C=O) groups is 3. The number of para-hydroxylation sites is 1. The minimum atomic E-state index is -0.727. The van der Waals surface area contributed by atoms with E-state index in [1.165, 1.54) is 6.92 Å². The lowest BCUT2D eigenvalue weighted by Crippen LogP contribution is -2.47. The zero-order valence-electron chi connectivity index (χ0n) is 16.6. The minimum Gasteiger partial charge on any atom is -0.493 e. The molecule has 0 saturated heterocycles. The van der Waals surface area contributed by atoms with E-state index in [9.17, 15) is 14.4 Å². The summed E-state index contributed by atoms with van der Waals surface area (Å²) in [6.07, 6.45) is 0. The second-order valence-corrected chi connectivity index (χ2v) is 6.75. The second kappa shape index (κ2) is 9.69. The van der Waals surface area contributed by atoms with Crippen molar-refractivity contribution in [3.63, 3.8) is 0 Å². The predicted molar refractivity (Wildman–Crippen MR) is 109 cm³/mol. The van der Waals surface area contributed by atoms with Crippen molar-refractivity contribution in [2.75, 3.05) is 11.9 Å². The monoisotopic (exact) mass is 382 g/mol. The van der Waals surface area contributed by atoms with Crippen LogP contribution in [-0.4, -0.2) is 30.2 Å². The van der Waals surface area contributed by atoms with Crippen molar-refractivity contribution in [2.45, 2.75) is 33.7 Å². The molecule has 0 heterocycles. The van der Waals surface area contributed by atoms with Gasteiger partial charge in [-0.1, -0.05) is 26.0 Å². The van der Waals surface area contributed by atoms with Gasteiger partial charge in [-0.25, -0.2) is 0 Å². The van der Waals surface area contributed by atoms with E-state index in [1.807, 2.05) is 20.8 Å². The van der Waals surface area contributed by atoms with Crippen molar-refractivity contribution in [1.82, 2.24) is 5.32 Å². The predicted octanol–water partition coefficient (Wildman–Crippen LogP) is 3.68. The van der Waals surface area contributed by atoms with Gasteiger partial charge in [0.2, 0.25) is 5.91 Å². The molecule has 0 aromatic heterocycles. The van der Waals surface area contributed by atoms with Crippen LogP contribution in [-0.2, 0) is 4.79 Å². The molecule has 0 fully saturated rings. The van der Waals surface area contributed by atoms with E-state index in [0.29, 0.717) is 29.2 Å². The number of nitrogens with one attached hydrogen (secondary N) is 2. The Bertz CT molecular complexity index is 844. The molecular weight excluding hydrogens is 356 g/mol. The van der Waals surface area contributed by atoms with Crippen molar-refractivity contribution in [2.24, 2.45) is 5.92 Å². The first-order valence-corrected chi connectivity index (χ1v) is 9.28. The largest absolute Gasteiger partial charge is 0.493 e. The van der Waals surface area contributed by atoms with E-state index in [1.54, 1.807) is 48.5 Å². The van der Waals surface area contributed by atoms with Crippen molar-refractivity contribution in [3.05, 3.63) is 59.7 Å². The quantitative estimate of drug-likeness (QED) is 0.682. The summed E-state index contributed by atoms with van der Waals surface area (Å²) in [6.45, 7) is 7.48. The van der Waals surface area contributed by atoms with E-state index >= 15 is 0 Å². The lowest BCUT2D eigenvalue weighted by molar-refractivity contribution is -0.118. The third kappa shape index (κ3) is 5.42. The van der Waals surface area contributed by atoms with Gasteiger partial charge in [-0.05, 0) is 56.2 Å². The highest BCUT2D eigenvalue weighted by atomic mass is 16.5. The normalized spacial score (nSPS) is 11.6. The Morgan fingerprint density at radius 3 is 2.21 bits per heavy atom. The summed E-state index contributed by atoms with van der Waals surface area (Å²) in [7, 11) is 0. The fourth-order valence-corrected chi connectivity index (χ4v) is 2.70. The molecule has 0 aliphatic heterocycles. The first-order valence-electron chi connectivity index (χ1n) is 9.28. The van der Waals surface area contributed by atoms with Gasteiger partial charge in [0, 0.05) is 11.3 Å². The molecule has 0 aliphatic rings. The number of amides is 2. The van der Waals surface area contributed by atoms with Gasteiger partial charge >= 0.3 is 0 Å². The van der Waals surface area contributed by atoms with Crippen molar-refractivity contribution < 1.29 is 19.1 Å². The smallest absolute Gasteiger partial charge is 0.255 e. The molecule has 1 atom stereocenters. The summed E-state index contributed by atoms with van der Waals surface area (Å²) in [5.41, 5.74) is 1.51. The average Bonchev–Trinajstić information content (AvgIpc) is 2.66. The standard InChI is InChI=1S/C22H26N2O4/c1-5-28-19-9-7-6-8-18(19)21(26)24-20(14(2)3)22(27)23-17-12-10-16(11-13-17)15(4)25/h6-14,20H,5H2,1-4H3,(H,23,27)(H,24,26). The van der Waals surface area contributed by atoms with Crippen LogP contribution in [0.1, 0.15) is 48.4 Å². The Balaban J connectivity index is 2.13. The highest BCUT2D eigenvalue weighted by molar-refractivity contribution is 6.02. The van der Waals surface area contributed by atoms with Gasteiger partial charge in [0.05, 0.1) is 12.2 Å². The van der Waals surface area contributed by atoms with E-state index in [-0.39, 0.29) is 23.5 Å². The molecule has 2 aromatic carbocycles. The second-order valence-electron chi connectivity index (χ2n) is 6.75. The van der Waals surface area contributed by atoms with Crippen LogP contribution in [0.25, 0.3) is 0 Å². The number of ether oxygens (including phenoxy) is 1. The van der Waals surface area contributed by atoms with Gasteiger partial charge in [0.1, 0.15) is 11.8 Å². The van der Waals surface area contributed by atoms with Crippen LogP contribution in [0.15, 0.2) is 48.5 Å². The first kappa shape index (κ1) is 21.2. The summed E-state index contributed by atoms with van der Waals surface area (Å²) >= 11 is 0. The number of hydrogen-bond acceptors (Lipinski definition) is 4. The van der Waals surface area contributed by atoms with Crippen molar-refractivity contribution in [1.29, 1.82) is 0 Å². The molecule has 1 unspecified atom stereocenters. The zero-order valence-corrected chi connectivity index (χ0v) is 16.6. The van der Waals surface area contributed by atoms with Gasteiger partial charge < -0.3 is 15.4 Å². The van der Waals surface area contributed by atoms with Crippen LogP contribution in [0.4, 0.5) is 5.69 Å². The molecule has 6 nitrogen and oxygen atoms in total. The molecule has 0 saturated carbocycles. The van der Waals surface area contributed by atoms with E-state index in [0.717, 1.165) is 0 Å². The highest BCUT2D eigenvalue weighted by Gasteiger charge is 2.26. The van der Waals surface area contributed by atoms with Crippen LogP contribution < -0.4 is 15.4 Å². The van der Waals surface area contributed by atoms with Crippen molar-refractivity contribution in [3.8, 4) is 5.75 Å². The Labute approximate surface area is 165 Å². The van der Waals surface area contributed by atoms with Gasteiger partial charge in [-0.3, -0.25) is 14.4 Å². The Hall–Kier alpha value is -3.15. The fourth-order valence-electron chi connectivity index (χ4n) is 2.70. The third-order valence-electron chi connectivity index (χ3n) is 4.23. The molecule has 2 amide bonds. The topological polar surface area (TPSA) is 84.5 Å². The summed E-state index contributed by atoms with van der Waals surface area (Å²) in [6, 6.07) is 12.8. The Morgan fingerprint density at radius 2 is 1.64 bits per heavy atom. The number of carbonyl (C=O) groups excluding carboxylic acids is 3. The van der Waals surface area contributed by atoms with E-state index < -0.39 is 6.04 Å². The number of benzene rings is 2. The zero-order chi connectivity index (χ0) is 20.7. The van der Waals surface area contributed by atoms with E-state index in [2.05, 4.69) is 10.6 Å². The molecule has 2 aromatic rings. The summed E-state index contributed by atoms with van der Waals surface area (Å²) < 4.78 is 5.50. The van der Waals surface area contributed by atoms with Gasteiger partial charge in [-0.15, -0.1) is 0 Å². The van der Waals surface area contributed by atoms with Crippen LogP contribution in [0.2, 0.25) is 0 Å². The summed E-state index contributed by atoms with van der Waals surface area (Å²) in [4.78, 5) is 36.8.